The van der Waals surface area contributed by atoms with Crippen molar-refractivity contribution in [3.05, 3.63) is 41.5 Å². The average molecular weight is 289 g/mol. The van der Waals surface area contributed by atoms with Gasteiger partial charge >= 0.3 is 0 Å². The largest absolute Gasteiger partial charge is 0.496 e. The zero-order chi connectivity index (χ0) is 14.3. The summed E-state index contributed by atoms with van der Waals surface area (Å²) in [6, 6.07) is 4.64. The Morgan fingerprint density at radius 2 is 2.10 bits per heavy atom. The molecular formula is C14H11NO4S. The third-order valence-corrected chi connectivity index (χ3v) is 4.51. The van der Waals surface area contributed by atoms with Gasteiger partial charge in [0.2, 0.25) is 0 Å². The molecule has 0 radical (unpaired) electrons. The summed E-state index contributed by atoms with van der Waals surface area (Å²) in [5, 5.41) is 0. The minimum Gasteiger partial charge on any atom is -0.496 e. The summed E-state index contributed by atoms with van der Waals surface area (Å²) in [5.41, 5.74) is 1.15. The second-order valence-corrected chi connectivity index (χ2v) is 6.00. The Labute approximate surface area is 116 Å². The molecule has 0 atom stereocenters. The van der Waals surface area contributed by atoms with E-state index in [2.05, 4.69) is 4.40 Å². The number of hydrogen-bond donors (Lipinski definition) is 0. The smallest absolute Gasteiger partial charge is 0.283 e. The Morgan fingerprint density at radius 3 is 2.85 bits per heavy atom. The molecule has 2 aliphatic rings. The van der Waals surface area contributed by atoms with E-state index in [1.807, 2.05) is 0 Å². The minimum atomic E-state index is -3.83. The van der Waals surface area contributed by atoms with Gasteiger partial charge in [0.15, 0.2) is 5.78 Å². The molecule has 0 fully saturated rings. The van der Waals surface area contributed by atoms with Crippen molar-refractivity contribution in [2.45, 2.75) is 11.3 Å². The predicted molar refractivity (Wildman–Crippen MR) is 74.4 cm³/mol. The van der Waals surface area contributed by atoms with E-state index in [9.17, 15) is 13.2 Å². The number of carbonyl (C=O) groups excluding carboxylic acids is 1. The zero-order valence-electron chi connectivity index (χ0n) is 10.7. The number of ether oxygens (including phenoxy) is 1. The molecule has 20 heavy (non-hydrogen) atoms. The number of sulfonamides is 1. The Kier molecular flexibility index (Phi) is 2.83. The molecule has 0 unspecified atom stereocenters. The number of rotatable bonds is 1. The highest BCUT2D eigenvalue weighted by molar-refractivity contribution is 7.90. The second kappa shape index (κ2) is 4.42. The molecular weight excluding hydrogens is 278 g/mol. The molecule has 1 aliphatic carbocycles. The lowest BCUT2D eigenvalue weighted by Crippen LogP contribution is -2.10. The first kappa shape index (κ1) is 12.8. The molecule has 102 valence electrons. The quantitative estimate of drug-likeness (QED) is 0.789. The van der Waals surface area contributed by atoms with Crippen molar-refractivity contribution < 1.29 is 17.9 Å². The van der Waals surface area contributed by atoms with E-state index in [-0.39, 0.29) is 17.1 Å². The molecule has 0 aromatic heterocycles. The first-order valence-corrected chi connectivity index (χ1v) is 7.40. The fourth-order valence-electron chi connectivity index (χ4n) is 2.36. The molecule has 0 bridgehead atoms. The van der Waals surface area contributed by atoms with Crippen molar-refractivity contribution in [1.29, 1.82) is 0 Å². The highest BCUT2D eigenvalue weighted by Crippen LogP contribution is 2.38. The van der Waals surface area contributed by atoms with Crippen LogP contribution in [0.1, 0.15) is 12.0 Å². The normalized spacial score (nSPS) is 19.4. The van der Waals surface area contributed by atoms with Gasteiger partial charge in [0.1, 0.15) is 10.6 Å². The summed E-state index contributed by atoms with van der Waals surface area (Å²) in [4.78, 5) is 12.2. The van der Waals surface area contributed by atoms with Crippen molar-refractivity contribution in [3.8, 4) is 5.75 Å². The topological polar surface area (TPSA) is 72.8 Å². The molecule has 1 aromatic carbocycles. The van der Waals surface area contributed by atoms with Gasteiger partial charge in [-0.2, -0.15) is 12.8 Å². The van der Waals surface area contributed by atoms with E-state index < -0.39 is 10.0 Å². The zero-order valence-corrected chi connectivity index (χ0v) is 11.5. The van der Waals surface area contributed by atoms with Gasteiger partial charge in [0.05, 0.1) is 7.11 Å². The van der Waals surface area contributed by atoms with Crippen LogP contribution in [0.15, 0.2) is 45.2 Å². The molecule has 1 aliphatic heterocycles. The first-order chi connectivity index (χ1) is 9.54. The van der Waals surface area contributed by atoms with Crippen LogP contribution in [0.2, 0.25) is 0 Å². The number of carbonyl (C=O) groups is 1. The van der Waals surface area contributed by atoms with Crippen LogP contribution in [0.25, 0.3) is 5.57 Å². The maximum atomic E-state index is 12.2. The van der Waals surface area contributed by atoms with Crippen LogP contribution < -0.4 is 4.74 Å². The van der Waals surface area contributed by atoms with E-state index in [1.165, 1.54) is 19.4 Å². The van der Waals surface area contributed by atoms with E-state index in [0.29, 0.717) is 22.5 Å². The minimum absolute atomic E-state index is 0.00162. The van der Waals surface area contributed by atoms with Gasteiger partial charge in [0, 0.05) is 29.3 Å². The molecule has 5 nitrogen and oxygen atoms in total. The fraction of sp³-hybridized carbons (Fsp3) is 0.143. The van der Waals surface area contributed by atoms with E-state index >= 15 is 0 Å². The van der Waals surface area contributed by atoms with E-state index in [0.717, 1.165) is 0 Å². The van der Waals surface area contributed by atoms with E-state index in [4.69, 9.17) is 4.74 Å². The Morgan fingerprint density at radius 1 is 1.30 bits per heavy atom. The van der Waals surface area contributed by atoms with Crippen LogP contribution in [0.4, 0.5) is 0 Å². The van der Waals surface area contributed by atoms with E-state index in [1.54, 1.807) is 24.3 Å². The summed E-state index contributed by atoms with van der Waals surface area (Å²) in [6.07, 6.45) is 4.86. The number of Topliss-reactive ketones (excluding diaryl/α,β-unsaturated/α-hetero) is 1. The van der Waals surface area contributed by atoms with Gasteiger partial charge in [-0.3, -0.25) is 4.79 Å². The monoisotopic (exact) mass is 289 g/mol. The molecule has 6 heteroatoms. The number of allylic oxidation sites excluding steroid dienone is 4. The van der Waals surface area contributed by atoms with Crippen molar-refractivity contribution >= 4 is 27.6 Å². The van der Waals surface area contributed by atoms with Gasteiger partial charge < -0.3 is 4.74 Å². The maximum Gasteiger partial charge on any atom is 0.283 e. The lowest BCUT2D eigenvalue weighted by Gasteiger charge is -2.16. The Hall–Kier alpha value is -2.21. The van der Waals surface area contributed by atoms with Crippen LogP contribution >= 0.6 is 0 Å². The van der Waals surface area contributed by atoms with Gasteiger partial charge in [-0.25, -0.2) is 0 Å². The Bertz CT molecular complexity index is 800. The highest BCUT2D eigenvalue weighted by atomic mass is 32.2. The third kappa shape index (κ3) is 1.80. The van der Waals surface area contributed by atoms with Crippen LogP contribution in [0.3, 0.4) is 0 Å². The number of fused-ring (bicyclic) bond motifs is 2. The fourth-order valence-corrected chi connectivity index (χ4v) is 3.43. The van der Waals surface area contributed by atoms with Crippen LogP contribution in [0, 0.1) is 0 Å². The van der Waals surface area contributed by atoms with Crippen LogP contribution in [-0.2, 0) is 14.8 Å². The molecule has 0 saturated heterocycles. The molecule has 1 aromatic rings. The third-order valence-electron chi connectivity index (χ3n) is 3.23. The summed E-state index contributed by atoms with van der Waals surface area (Å²) in [7, 11) is -2.39. The van der Waals surface area contributed by atoms with Gasteiger partial charge in [-0.05, 0) is 12.1 Å². The number of nitrogens with zero attached hydrogens (tertiary/aromatic N) is 1. The average Bonchev–Trinajstić information content (AvgIpc) is 2.55. The highest BCUT2D eigenvalue weighted by Gasteiger charge is 2.30. The molecule has 3 rings (SSSR count). The van der Waals surface area contributed by atoms with Gasteiger partial charge in [-0.1, -0.05) is 18.2 Å². The maximum absolute atomic E-state index is 12.2. The summed E-state index contributed by atoms with van der Waals surface area (Å²) in [5.74, 6) is 0.213. The summed E-state index contributed by atoms with van der Waals surface area (Å²) < 4.78 is 33.2. The summed E-state index contributed by atoms with van der Waals surface area (Å²) in [6.45, 7) is 0. The number of methoxy groups -OCH3 is 1. The summed E-state index contributed by atoms with van der Waals surface area (Å²) >= 11 is 0. The van der Waals surface area contributed by atoms with Crippen molar-refractivity contribution in [1.82, 2.24) is 0 Å². The first-order valence-electron chi connectivity index (χ1n) is 5.96. The SMILES string of the molecule is COc1cccc2c1C1=C(C=CCC1=O)C=NS2(=O)=O. The lowest BCUT2D eigenvalue weighted by atomic mass is 9.90. The molecule has 0 saturated carbocycles. The molecule has 0 amide bonds. The number of benzene rings is 1. The second-order valence-electron chi connectivity index (χ2n) is 4.40. The number of ketones is 1. The number of hydrogen-bond acceptors (Lipinski definition) is 4. The van der Waals surface area contributed by atoms with Gasteiger partial charge in [-0.15, -0.1) is 0 Å². The van der Waals surface area contributed by atoms with Crippen molar-refractivity contribution in [2.24, 2.45) is 4.40 Å². The van der Waals surface area contributed by atoms with Crippen molar-refractivity contribution in [2.75, 3.05) is 7.11 Å². The lowest BCUT2D eigenvalue weighted by molar-refractivity contribution is -0.113. The van der Waals surface area contributed by atoms with Crippen LogP contribution in [0.5, 0.6) is 5.75 Å². The van der Waals surface area contributed by atoms with Crippen molar-refractivity contribution in [3.63, 3.8) is 0 Å². The standard InChI is InChI=1S/C14H11NO4S/c1-19-11-6-3-7-12-14(11)13-9(4-2-5-10(13)16)8-15-20(12,17)18/h2-4,6-8H,5H2,1H3. The predicted octanol–water partition coefficient (Wildman–Crippen LogP) is 1.75. The Balaban J connectivity index is 2.46. The molecule has 0 N–H and O–H groups in total. The van der Waals surface area contributed by atoms with Crippen LogP contribution in [-0.4, -0.2) is 27.5 Å². The molecule has 1 heterocycles. The molecule has 0 spiro atoms. The van der Waals surface area contributed by atoms with Gasteiger partial charge in [0.25, 0.3) is 10.0 Å².